The van der Waals surface area contributed by atoms with Crippen molar-refractivity contribution in [2.75, 3.05) is 0 Å². The van der Waals surface area contributed by atoms with E-state index in [1.54, 1.807) is 0 Å². The molecule has 2 heterocycles. The summed E-state index contributed by atoms with van der Waals surface area (Å²) >= 11 is 0. The fourth-order valence-electron chi connectivity index (χ4n) is 7.44. The Labute approximate surface area is 256 Å². The van der Waals surface area contributed by atoms with Gasteiger partial charge in [-0.05, 0) is 45.2 Å². The van der Waals surface area contributed by atoms with E-state index >= 15 is 0 Å². The number of hydrogen-bond donors (Lipinski definition) is 0. The molecule has 0 radical (unpaired) electrons. The van der Waals surface area contributed by atoms with E-state index in [9.17, 15) is 0 Å². The summed E-state index contributed by atoms with van der Waals surface area (Å²) in [5.74, 6) is 1.57. The van der Waals surface area contributed by atoms with Crippen LogP contribution in [0.3, 0.4) is 0 Å². The highest BCUT2D eigenvalue weighted by molar-refractivity contribution is 6.22. The van der Waals surface area contributed by atoms with Crippen LogP contribution in [0, 0.1) is 0 Å². The van der Waals surface area contributed by atoms with Crippen molar-refractivity contribution in [1.29, 1.82) is 0 Å². The lowest BCUT2D eigenvalue weighted by atomic mass is 9.80. The van der Waals surface area contributed by atoms with Crippen molar-refractivity contribution < 1.29 is 0 Å². The van der Waals surface area contributed by atoms with Gasteiger partial charge in [0.05, 0.1) is 16.7 Å². The Morgan fingerprint density at radius 2 is 1.20 bits per heavy atom. The highest BCUT2D eigenvalue weighted by Gasteiger charge is 2.37. The molecule has 0 unspecified atom stereocenters. The lowest BCUT2D eigenvalue weighted by molar-refractivity contribution is 0.666. The normalized spacial score (nSPS) is 13.4. The molecular formula is C41H29N3. The molecule has 8 aromatic rings. The van der Waals surface area contributed by atoms with Crippen molar-refractivity contribution in [3.8, 4) is 39.6 Å². The van der Waals surface area contributed by atoms with E-state index < -0.39 is 0 Å². The van der Waals surface area contributed by atoms with Gasteiger partial charge in [0.15, 0.2) is 5.82 Å². The maximum atomic E-state index is 5.21. The van der Waals surface area contributed by atoms with E-state index in [2.05, 4.69) is 134 Å². The minimum atomic E-state index is -0.0840. The number of hydrogen-bond acceptors (Lipinski definition) is 2. The van der Waals surface area contributed by atoms with Crippen LogP contribution in [0.2, 0.25) is 0 Å². The van der Waals surface area contributed by atoms with Gasteiger partial charge in [-0.2, -0.15) is 0 Å². The fraction of sp³-hybridized carbons (Fsp3) is 0.0732. The van der Waals surface area contributed by atoms with Gasteiger partial charge in [-0.15, -0.1) is 0 Å². The molecule has 0 spiro atoms. The van der Waals surface area contributed by atoms with E-state index in [1.165, 1.54) is 43.8 Å². The molecule has 1 aliphatic carbocycles. The molecule has 0 saturated carbocycles. The summed E-state index contributed by atoms with van der Waals surface area (Å²) in [5, 5.41) is 5.07. The first-order valence-electron chi connectivity index (χ1n) is 15.2. The zero-order valence-corrected chi connectivity index (χ0v) is 24.6. The molecule has 3 nitrogen and oxygen atoms in total. The van der Waals surface area contributed by atoms with Crippen molar-refractivity contribution >= 4 is 32.6 Å². The Kier molecular flexibility index (Phi) is 5.24. The molecular weight excluding hydrogens is 534 g/mol. The maximum absolute atomic E-state index is 5.21. The first-order chi connectivity index (χ1) is 21.6. The van der Waals surface area contributed by atoms with Gasteiger partial charge in [-0.25, -0.2) is 9.97 Å². The number of rotatable bonds is 3. The van der Waals surface area contributed by atoms with Gasteiger partial charge in [-0.1, -0.05) is 135 Å². The molecule has 3 heteroatoms. The van der Waals surface area contributed by atoms with Crippen molar-refractivity contribution in [1.82, 2.24) is 14.5 Å². The first kappa shape index (κ1) is 25.0. The van der Waals surface area contributed by atoms with Gasteiger partial charge in [0.2, 0.25) is 0 Å². The van der Waals surface area contributed by atoms with Crippen LogP contribution in [-0.4, -0.2) is 14.5 Å². The van der Waals surface area contributed by atoms with Gasteiger partial charge in [-0.3, -0.25) is 4.57 Å². The molecule has 0 saturated heterocycles. The molecule has 0 N–H and O–H groups in total. The van der Waals surface area contributed by atoms with Gasteiger partial charge < -0.3 is 0 Å². The smallest absolute Gasteiger partial charge is 0.162 e. The Morgan fingerprint density at radius 3 is 2.02 bits per heavy atom. The number of aromatic nitrogens is 3. The summed E-state index contributed by atoms with van der Waals surface area (Å²) in [6.07, 6.45) is 0. The fourth-order valence-corrected chi connectivity index (χ4v) is 7.44. The molecule has 0 bridgehead atoms. The summed E-state index contributed by atoms with van der Waals surface area (Å²) < 4.78 is 2.32. The van der Waals surface area contributed by atoms with E-state index in [4.69, 9.17) is 9.97 Å². The van der Waals surface area contributed by atoms with Crippen LogP contribution >= 0.6 is 0 Å². The summed E-state index contributed by atoms with van der Waals surface area (Å²) in [5.41, 5.74) is 10.7. The van der Waals surface area contributed by atoms with Crippen molar-refractivity contribution in [2.45, 2.75) is 19.3 Å². The predicted molar refractivity (Wildman–Crippen MR) is 182 cm³/mol. The number of benzene rings is 6. The van der Waals surface area contributed by atoms with Gasteiger partial charge in [0.25, 0.3) is 0 Å². The average molecular weight is 564 g/mol. The van der Waals surface area contributed by atoms with E-state index in [0.29, 0.717) is 5.82 Å². The van der Waals surface area contributed by atoms with Crippen LogP contribution in [0.4, 0.5) is 0 Å². The summed E-state index contributed by atoms with van der Waals surface area (Å²) in [7, 11) is 0. The number of nitrogens with zero attached hydrogens (tertiary/aromatic N) is 3. The van der Waals surface area contributed by atoms with Crippen LogP contribution < -0.4 is 0 Å². The third-order valence-corrected chi connectivity index (χ3v) is 9.39. The van der Waals surface area contributed by atoms with Crippen molar-refractivity contribution in [2.24, 2.45) is 0 Å². The lowest BCUT2D eigenvalue weighted by Gasteiger charge is -2.23. The third kappa shape index (κ3) is 3.50. The Morgan fingerprint density at radius 1 is 0.523 bits per heavy atom. The van der Waals surface area contributed by atoms with Crippen LogP contribution in [0.15, 0.2) is 140 Å². The topological polar surface area (TPSA) is 30.7 Å². The summed E-state index contributed by atoms with van der Waals surface area (Å²) in [6.45, 7) is 4.73. The third-order valence-electron chi connectivity index (χ3n) is 9.39. The zero-order chi connectivity index (χ0) is 29.4. The first-order valence-corrected chi connectivity index (χ1v) is 15.2. The van der Waals surface area contributed by atoms with Crippen LogP contribution in [0.25, 0.3) is 72.2 Å². The molecule has 0 aliphatic heterocycles. The van der Waals surface area contributed by atoms with E-state index in [1.807, 2.05) is 24.3 Å². The highest BCUT2D eigenvalue weighted by Crippen LogP contribution is 2.52. The van der Waals surface area contributed by atoms with Crippen LogP contribution in [0.5, 0.6) is 0 Å². The van der Waals surface area contributed by atoms with Crippen LogP contribution in [0.1, 0.15) is 25.0 Å². The molecule has 1 aliphatic rings. The second-order valence-electron chi connectivity index (χ2n) is 12.2. The molecule has 0 fully saturated rings. The van der Waals surface area contributed by atoms with Crippen molar-refractivity contribution in [3.05, 3.63) is 151 Å². The minimum absolute atomic E-state index is 0.0840. The largest absolute Gasteiger partial charge is 0.294 e. The summed E-state index contributed by atoms with van der Waals surface area (Å²) in [4.78, 5) is 10.3. The SMILES string of the molecule is CC1(C)c2ccccc2-c2ccc3c(ccc4c3c3ccccc3n4-c3cc(-c4ccccc4)nc(-c4ccccc4)n3)c21. The quantitative estimate of drug-likeness (QED) is 0.214. The van der Waals surface area contributed by atoms with E-state index in [-0.39, 0.29) is 5.41 Å². The predicted octanol–water partition coefficient (Wildman–Crippen LogP) is 10.4. The Bertz CT molecular complexity index is 2340. The van der Waals surface area contributed by atoms with Crippen molar-refractivity contribution in [3.63, 3.8) is 0 Å². The Hall–Kier alpha value is -5.54. The molecule has 44 heavy (non-hydrogen) atoms. The second kappa shape index (κ2) is 9.23. The van der Waals surface area contributed by atoms with Gasteiger partial charge in [0.1, 0.15) is 5.82 Å². The van der Waals surface area contributed by atoms with E-state index in [0.717, 1.165) is 33.7 Å². The highest BCUT2D eigenvalue weighted by atomic mass is 15.1. The minimum Gasteiger partial charge on any atom is -0.294 e. The molecule has 9 rings (SSSR count). The maximum Gasteiger partial charge on any atom is 0.162 e. The average Bonchev–Trinajstić information content (AvgIpc) is 3.54. The molecule has 0 atom stereocenters. The molecule has 2 aromatic heterocycles. The molecule has 6 aromatic carbocycles. The Balaban J connectivity index is 1.36. The lowest BCUT2D eigenvalue weighted by Crippen LogP contribution is -2.15. The number of fused-ring (bicyclic) bond motifs is 9. The monoisotopic (exact) mass is 563 g/mol. The number of para-hydroxylation sites is 1. The zero-order valence-electron chi connectivity index (χ0n) is 24.6. The van der Waals surface area contributed by atoms with Crippen LogP contribution in [-0.2, 0) is 5.41 Å². The molecule has 208 valence electrons. The second-order valence-corrected chi connectivity index (χ2v) is 12.2. The van der Waals surface area contributed by atoms with Gasteiger partial charge in [0, 0.05) is 33.4 Å². The molecule has 0 amide bonds. The summed E-state index contributed by atoms with van der Waals surface area (Å²) in [6, 6.07) is 49.6. The standard InChI is InChI=1S/C41H29N3/c1-41(2)33-19-11-9-17-28(33)30-22-21-29-31(39(30)41)23-24-36-38(29)32-18-10-12-20-35(32)44(36)37-25-34(26-13-5-3-6-14-26)42-40(43-37)27-15-7-4-8-16-27/h3-25H,1-2H3. The van der Waals surface area contributed by atoms with Gasteiger partial charge >= 0.3 is 0 Å².